The van der Waals surface area contributed by atoms with Crippen LogP contribution >= 0.6 is 0 Å². The molecule has 3 aromatic rings. The smallest absolute Gasteiger partial charge is 0.0952 e. The Hall–Kier alpha value is -2.20. The summed E-state index contributed by atoms with van der Waals surface area (Å²) in [6.45, 7) is 3.83. The summed E-state index contributed by atoms with van der Waals surface area (Å²) in [5.41, 5.74) is 4.53. The highest BCUT2D eigenvalue weighted by atomic mass is 15.0. The predicted octanol–water partition coefficient (Wildman–Crippen LogP) is 2.55. The number of aromatic nitrogens is 3. The first-order valence-corrected chi connectivity index (χ1v) is 7.27. The molecule has 1 aromatic carbocycles. The lowest BCUT2D eigenvalue weighted by Crippen LogP contribution is -2.10. The Kier molecular flexibility index (Phi) is 3.97. The molecule has 0 aliphatic heterocycles. The number of likely N-dealkylation sites (N-methyl/N-ethyl adjacent to an activating group) is 1. The average molecular weight is 280 g/mol. The largest absolute Gasteiger partial charge is 0.333 e. The number of hydrogen-bond acceptors (Lipinski definition) is 3. The number of para-hydroxylation sites is 1. The van der Waals surface area contributed by atoms with Crippen molar-refractivity contribution in [2.24, 2.45) is 0 Å². The fourth-order valence-corrected chi connectivity index (χ4v) is 2.60. The quantitative estimate of drug-likeness (QED) is 0.781. The van der Waals surface area contributed by atoms with Crippen molar-refractivity contribution in [2.45, 2.75) is 19.9 Å². The van der Waals surface area contributed by atoms with Crippen molar-refractivity contribution in [2.75, 3.05) is 13.6 Å². The van der Waals surface area contributed by atoms with Crippen LogP contribution in [0.2, 0.25) is 0 Å². The number of benzene rings is 1. The molecule has 2 aromatic heterocycles. The molecular weight excluding hydrogens is 260 g/mol. The van der Waals surface area contributed by atoms with Crippen molar-refractivity contribution in [1.29, 1.82) is 0 Å². The van der Waals surface area contributed by atoms with Gasteiger partial charge in [0.05, 0.1) is 17.5 Å². The van der Waals surface area contributed by atoms with Gasteiger partial charge < -0.3 is 9.88 Å². The third kappa shape index (κ3) is 3.11. The minimum absolute atomic E-state index is 0.830. The van der Waals surface area contributed by atoms with E-state index in [1.54, 1.807) is 0 Å². The normalized spacial score (nSPS) is 11.1. The molecule has 0 atom stereocenters. The van der Waals surface area contributed by atoms with Crippen LogP contribution in [0.25, 0.3) is 10.9 Å². The Balaban J connectivity index is 1.89. The van der Waals surface area contributed by atoms with Crippen molar-refractivity contribution >= 4 is 10.9 Å². The van der Waals surface area contributed by atoms with Gasteiger partial charge in [0.25, 0.3) is 0 Å². The van der Waals surface area contributed by atoms with Gasteiger partial charge in [0.2, 0.25) is 0 Å². The molecule has 0 unspecified atom stereocenters. The first-order chi connectivity index (χ1) is 10.3. The first kappa shape index (κ1) is 13.8. The minimum Gasteiger partial charge on any atom is -0.333 e. The van der Waals surface area contributed by atoms with Crippen LogP contribution in [0.4, 0.5) is 0 Å². The molecule has 2 heterocycles. The van der Waals surface area contributed by atoms with E-state index in [1.807, 2.05) is 26.4 Å². The Labute approximate surface area is 124 Å². The maximum Gasteiger partial charge on any atom is 0.0952 e. The number of nitrogens with zero attached hydrogens (tertiary/aromatic N) is 3. The van der Waals surface area contributed by atoms with E-state index >= 15 is 0 Å². The van der Waals surface area contributed by atoms with Crippen LogP contribution in [-0.4, -0.2) is 28.1 Å². The van der Waals surface area contributed by atoms with Crippen molar-refractivity contribution in [3.8, 4) is 0 Å². The standard InChI is InChI=1S/C17H20N4/c1-13-9-14(16-5-3-4-6-17(16)20-13)10-21-11-15(19-12-21)7-8-18-2/h3-6,9,11-12,18H,7-8,10H2,1-2H3. The second-order valence-corrected chi connectivity index (χ2v) is 5.33. The van der Waals surface area contributed by atoms with Gasteiger partial charge in [-0.2, -0.15) is 0 Å². The molecule has 0 saturated heterocycles. The molecule has 4 heteroatoms. The van der Waals surface area contributed by atoms with E-state index < -0.39 is 0 Å². The maximum absolute atomic E-state index is 4.59. The molecular formula is C17H20N4. The molecule has 108 valence electrons. The summed E-state index contributed by atoms with van der Waals surface area (Å²) in [7, 11) is 1.96. The highest BCUT2D eigenvalue weighted by molar-refractivity contribution is 5.82. The highest BCUT2D eigenvalue weighted by Crippen LogP contribution is 2.19. The number of nitrogens with one attached hydrogen (secondary N) is 1. The zero-order chi connectivity index (χ0) is 14.7. The number of pyridine rings is 1. The predicted molar refractivity (Wildman–Crippen MR) is 85.4 cm³/mol. The van der Waals surface area contributed by atoms with Crippen LogP contribution in [0.3, 0.4) is 0 Å². The Bertz CT molecular complexity index is 745. The lowest BCUT2D eigenvalue weighted by atomic mass is 10.1. The third-order valence-electron chi connectivity index (χ3n) is 3.60. The molecule has 0 fully saturated rings. The van der Waals surface area contributed by atoms with Crippen LogP contribution in [0, 0.1) is 6.92 Å². The summed E-state index contributed by atoms with van der Waals surface area (Å²) in [4.78, 5) is 9.05. The summed E-state index contributed by atoms with van der Waals surface area (Å²) in [6.07, 6.45) is 5.00. The molecule has 21 heavy (non-hydrogen) atoms. The van der Waals surface area contributed by atoms with Gasteiger partial charge in [-0.1, -0.05) is 18.2 Å². The minimum atomic E-state index is 0.830. The molecule has 0 spiro atoms. The average Bonchev–Trinajstić information content (AvgIpc) is 2.92. The number of hydrogen-bond donors (Lipinski definition) is 1. The summed E-state index contributed by atoms with van der Waals surface area (Å²) in [5.74, 6) is 0. The zero-order valence-corrected chi connectivity index (χ0v) is 12.5. The summed E-state index contributed by atoms with van der Waals surface area (Å²) in [6, 6.07) is 10.5. The van der Waals surface area contributed by atoms with Gasteiger partial charge in [-0.15, -0.1) is 0 Å². The fourth-order valence-electron chi connectivity index (χ4n) is 2.60. The number of rotatable bonds is 5. The van der Waals surface area contributed by atoms with Gasteiger partial charge in [0.15, 0.2) is 0 Å². The molecule has 0 amide bonds. The first-order valence-electron chi connectivity index (χ1n) is 7.27. The van der Waals surface area contributed by atoms with Crippen molar-refractivity contribution < 1.29 is 0 Å². The van der Waals surface area contributed by atoms with Crippen molar-refractivity contribution in [1.82, 2.24) is 19.9 Å². The van der Waals surface area contributed by atoms with Gasteiger partial charge in [0, 0.05) is 36.8 Å². The van der Waals surface area contributed by atoms with Crippen LogP contribution in [0.5, 0.6) is 0 Å². The molecule has 4 nitrogen and oxygen atoms in total. The summed E-state index contributed by atoms with van der Waals surface area (Å²) >= 11 is 0. The number of aryl methyl sites for hydroxylation is 1. The lowest BCUT2D eigenvalue weighted by molar-refractivity contribution is 0.774. The Morgan fingerprint density at radius 2 is 2.10 bits per heavy atom. The molecule has 0 aliphatic carbocycles. The Morgan fingerprint density at radius 3 is 2.95 bits per heavy atom. The van der Waals surface area contributed by atoms with E-state index in [4.69, 9.17) is 0 Å². The van der Waals surface area contributed by atoms with Crippen molar-refractivity contribution in [3.05, 3.63) is 59.8 Å². The van der Waals surface area contributed by atoms with E-state index in [1.165, 1.54) is 10.9 Å². The van der Waals surface area contributed by atoms with Gasteiger partial charge >= 0.3 is 0 Å². The SMILES string of the molecule is CNCCc1cn(Cc2cc(C)nc3ccccc23)cn1. The van der Waals surface area contributed by atoms with Crippen LogP contribution in [0.15, 0.2) is 42.9 Å². The lowest BCUT2D eigenvalue weighted by Gasteiger charge is -2.08. The van der Waals surface area contributed by atoms with E-state index in [0.29, 0.717) is 0 Å². The second kappa shape index (κ2) is 6.06. The fraction of sp³-hybridized carbons (Fsp3) is 0.294. The number of fused-ring (bicyclic) bond motifs is 1. The van der Waals surface area contributed by atoms with Gasteiger partial charge in [-0.3, -0.25) is 4.98 Å². The zero-order valence-electron chi connectivity index (χ0n) is 12.5. The van der Waals surface area contributed by atoms with Gasteiger partial charge in [-0.05, 0) is 31.7 Å². The second-order valence-electron chi connectivity index (χ2n) is 5.33. The van der Waals surface area contributed by atoms with Crippen molar-refractivity contribution in [3.63, 3.8) is 0 Å². The molecule has 0 radical (unpaired) electrons. The molecule has 1 N–H and O–H groups in total. The van der Waals surface area contributed by atoms with Crippen LogP contribution in [-0.2, 0) is 13.0 Å². The summed E-state index contributed by atoms with van der Waals surface area (Å²) in [5, 5.41) is 4.37. The van der Waals surface area contributed by atoms with Crippen LogP contribution < -0.4 is 5.32 Å². The van der Waals surface area contributed by atoms with E-state index in [-0.39, 0.29) is 0 Å². The number of imidazole rings is 1. The Morgan fingerprint density at radius 1 is 1.24 bits per heavy atom. The topological polar surface area (TPSA) is 42.7 Å². The monoisotopic (exact) mass is 280 g/mol. The van der Waals surface area contributed by atoms with Gasteiger partial charge in [-0.25, -0.2) is 4.98 Å². The summed E-state index contributed by atoms with van der Waals surface area (Å²) < 4.78 is 2.15. The van der Waals surface area contributed by atoms with E-state index in [0.717, 1.165) is 36.4 Å². The van der Waals surface area contributed by atoms with E-state index in [2.05, 4.69) is 50.3 Å². The third-order valence-corrected chi connectivity index (χ3v) is 3.60. The molecule has 0 aliphatic rings. The van der Waals surface area contributed by atoms with Gasteiger partial charge in [0.1, 0.15) is 0 Å². The van der Waals surface area contributed by atoms with Crippen LogP contribution in [0.1, 0.15) is 17.0 Å². The molecule has 3 rings (SSSR count). The maximum atomic E-state index is 4.59. The molecule has 0 saturated carbocycles. The molecule has 0 bridgehead atoms. The van der Waals surface area contributed by atoms with E-state index in [9.17, 15) is 0 Å². The highest BCUT2D eigenvalue weighted by Gasteiger charge is 2.05.